The Bertz CT molecular complexity index is 1210. The maximum absolute atomic E-state index is 14.1. The van der Waals surface area contributed by atoms with Crippen LogP contribution in [0.4, 0.5) is 15.9 Å². The zero-order valence-corrected chi connectivity index (χ0v) is 16.9. The number of benzene rings is 2. The SMILES string of the molecule is Cc1cc(Br)ccc1NC(=O)CNc1ccc2nnc(-c3ccccc3F)n2n1. The van der Waals surface area contributed by atoms with Gasteiger partial charge in [-0.15, -0.1) is 15.3 Å². The number of carbonyl (C=O) groups is 1. The minimum atomic E-state index is -0.411. The predicted molar refractivity (Wildman–Crippen MR) is 112 cm³/mol. The van der Waals surface area contributed by atoms with Crippen LogP contribution in [0.3, 0.4) is 0 Å². The van der Waals surface area contributed by atoms with E-state index < -0.39 is 5.82 Å². The van der Waals surface area contributed by atoms with Gasteiger partial charge in [0.1, 0.15) is 11.6 Å². The normalized spacial score (nSPS) is 10.9. The molecule has 2 heterocycles. The van der Waals surface area contributed by atoms with Crippen molar-refractivity contribution in [3.05, 3.63) is 70.5 Å². The van der Waals surface area contributed by atoms with Gasteiger partial charge >= 0.3 is 0 Å². The molecule has 2 N–H and O–H groups in total. The van der Waals surface area contributed by atoms with E-state index in [0.717, 1.165) is 15.7 Å². The second-order valence-electron chi connectivity index (χ2n) is 6.35. The van der Waals surface area contributed by atoms with Crippen molar-refractivity contribution in [1.82, 2.24) is 19.8 Å². The van der Waals surface area contributed by atoms with Gasteiger partial charge in [0.15, 0.2) is 11.5 Å². The predicted octanol–water partition coefficient (Wildman–Crippen LogP) is 4.05. The minimum Gasteiger partial charge on any atom is -0.360 e. The van der Waals surface area contributed by atoms with Crippen LogP contribution in [-0.4, -0.2) is 32.3 Å². The number of amides is 1. The number of hydrogen-bond acceptors (Lipinski definition) is 5. The van der Waals surface area contributed by atoms with Crippen molar-refractivity contribution in [3.8, 4) is 11.4 Å². The van der Waals surface area contributed by atoms with Gasteiger partial charge in [-0.1, -0.05) is 28.1 Å². The van der Waals surface area contributed by atoms with E-state index in [9.17, 15) is 9.18 Å². The van der Waals surface area contributed by atoms with Crippen LogP contribution < -0.4 is 10.6 Å². The Kier molecular flexibility index (Phi) is 5.22. The van der Waals surface area contributed by atoms with Gasteiger partial charge in [-0.3, -0.25) is 4.79 Å². The highest BCUT2D eigenvalue weighted by Crippen LogP contribution is 2.22. The van der Waals surface area contributed by atoms with E-state index in [0.29, 0.717) is 17.0 Å². The highest BCUT2D eigenvalue weighted by atomic mass is 79.9. The number of anilines is 2. The van der Waals surface area contributed by atoms with E-state index in [1.165, 1.54) is 10.6 Å². The molecule has 0 spiro atoms. The van der Waals surface area contributed by atoms with Crippen LogP contribution in [-0.2, 0) is 4.79 Å². The molecule has 0 saturated carbocycles. The molecule has 29 heavy (non-hydrogen) atoms. The lowest BCUT2D eigenvalue weighted by Gasteiger charge is -2.10. The molecule has 0 aliphatic heterocycles. The van der Waals surface area contributed by atoms with E-state index >= 15 is 0 Å². The fraction of sp³-hybridized carbons (Fsp3) is 0.100. The van der Waals surface area contributed by atoms with Gasteiger partial charge in [0.05, 0.1) is 12.1 Å². The summed E-state index contributed by atoms with van der Waals surface area (Å²) in [7, 11) is 0. The van der Waals surface area contributed by atoms with Crippen molar-refractivity contribution < 1.29 is 9.18 Å². The van der Waals surface area contributed by atoms with Crippen molar-refractivity contribution in [2.24, 2.45) is 0 Å². The van der Waals surface area contributed by atoms with Crippen LogP contribution >= 0.6 is 15.9 Å². The van der Waals surface area contributed by atoms with Crippen molar-refractivity contribution in [3.63, 3.8) is 0 Å². The zero-order chi connectivity index (χ0) is 20.4. The Morgan fingerprint density at radius 2 is 1.97 bits per heavy atom. The van der Waals surface area contributed by atoms with Crippen LogP contribution in [0.1, 0.15) is 5.56 Å². The molecule has 2 aromatic heterocycles. The minimum absolute atomic E-state index is 0.0190. The van der Waals surface area contributed by atoms with Gasteiger partial charge in [0.2, 0.25) is 5.91 Å². The number of carbonyl (C=O) groups excluding carboxylic acids is 1. The van der Waals surface area contributed by atoms with Crippen molar-refractivity contribution in [2.45, 2.75) is 6.92 Å². The average Bonchev–Trinajstić information content (AvgIpc) is 3.12. The highest BCUT2D eigenvalue weighted by Gasteiger charge is 2.14. The molecule has 7 nitrogen and oxygen atoms in total. The molecule has 4 aromatic rings. The first-order chi connectivity index (χ1) is 14.0. The third kappa shape index (κ3) is 4.09. The third-order valence-electron chi connectivity index (χ3n) is 4.27. The van der Waals surface area contributed by atoms with Gasteiger partial charge < -0.3 is 10.6 Å². The summed E-state index contributed by atoms with van der Waals surface area (Å²) in [5.41, 5.74) is 2.46. The molecule has 2 aromatic carbocycles. The first kappa shape index (κ1) is 19.0. The van der Waals surface area contributed by atoms with Crippen LogP contribution in [0.25, 0.3) is 17.0 Å². The second-order valence-corrected chi connectivity index (χ2v) is 7.27. The summed E-state index contributed by atoms with van der Waals surface area (Å²) in [6, 6.07) is 15.3. The molecule has 146 valence electrons. The number of hydrogen-bond donors (Lipinski definition) is 2. The molecule has 0 aliphatic carbocycles. The lowest BCUT2D eigenvalue weighted by Crippen LogP contribution is -2.22. The van der Waals surface area contributed by atoms with E-state index in [4.69, 9.17) is 0 Å². The molecule has 1 amide bonds. The molecule has 0 aliphatic rings. The maximum atomic E-state index is 14.1. The monoisotopic (exact) mass is 454 g/mol. The van der Waals surface area contributed by atoms with Gasteiger partial charge in [0.25, 0.3) is 0 Å². The summed E-state index contributed by atoms with van der Waals surface area (Å²) < 4.78 is 16.5. The first-order valence-electron chi connectivity index (χ1n) is 8.78. The maximum Gasteiger partial charge on any atom is 0.243 e. The molecule has 0 atom stereocenters. The van der Waals surface area contributed by atoms with Crippen LogP contribution in [0.5, 0.6) is 0 Å². The smallest absolute Gasteiger partial charge is 0.243 e. The Hall–Kier alpha value is -3.33. The fourth-order valence-electron chi connectivity index (χ4n) is 2.83. The van der Waals surface area contributed by atoms with E-state index in [1.54, 1.807) is 30.3 Å². The number of nitrogens with one attached hydrogen (secondary N) is 2. The van der Waals surface area contributed by atoms with Gasteiger partial charge in [-0.25, -0.2) is 4.39 Å². The van der Waals surface area contributed by atoms with Crippen LogP contribution in [0, 0.1) is 12.7 Å². The topological polar surface area (TPSA) is 84.2 Å². The number of rotatable bonds is 5. The quantitative estimate of drug-likeness (QED) is 0.475. The second kappa shape index (κ2) is 7.96. The fourth-order valence-corrected chi connectivity index (χ4v) is 3.30. The number of halogens is 2. The van der Waals surface area contributed by atoms with Crippen molar-refractivity contribution >= 4 is 39.0 Å². The molecule has 9 heteroatoms. The zero-order valence-electron chi connectivity index (χ0n) is 15.4. The van der Waals surface area contributed by atoms with Crippen LogP contribution in [0.2, 0.25) is 0 Å². The molecule has 4 rings (SSSR count). The molecule has 0 bridgehead atoms. The van der Waals surface area contributed by atoms with Gasteiger partial charge in [-0.2, -0.15) is 4.52 Å². The summed E-state index contributed by atoms with van der Waals surface area (Å²) in [6.45, 7) is 1.94. The summed E-state index contributed by atoms with van der Waals surface area (Å²) in [5.74, 6) is 0.107. The highest BCUT2D eigenvalue weighted by molar-refractivity contribution is 9.10. The Labute approximate surface area is 174 Å². The standard InChI is InChI=1S/C20H16BrFN6O/c1-12-10-13(21)6-7-16(12)24-19(29)11-23-17-8-9-18-25-26-20(28(18)27-17)14-4-2-3-5-15(14)22/h2-10H,11H2,1H3,(H,23,27)(H,24,29). The average molecular weight is 455 g/mol. The summed E-state index contributed by atoms with van der Waals surface area (Å²) >= 11 is 3.40. The molecule has 0 saturated heterocycles. The van der Waals surface area contributed by atoms with E-state index in [2.05, 4.69) is 41.9 Å². The largest absolute Gasteiger partial charge is 0.360 e. The lowest BCUT2D eigenvalue weighted by atomic mass is 10.2. The number of aromatic nitrogens is 4. The third-order valence-corrected chi connectivity index (χ3v) is 4.76. The number of fused-ring (bicyclic) bond motifs is 1. The summed E-state index contributed by atoms with van der Waals surface area (Å²) in [6.07, 6.45) is 0. The van der Waals surface area contributed by atoms with Crippen molar-refractivity contribution in [1.29, 1.82) is 0 Å². The molecular weight excluding hydrogens is 439 g/mol. The first-order valence-corrected chi connectivity index (χ1v) is 9.58. The van der Waals surface area contributed by atoms with E-state index in [1.807, 2.05) is 25.1 Å². The Morgan fingerprint density at radius 1 is 1.14 bits per heavy atom. The molecular formula is C20H16BrFN6O. The Balaban J connectivity index is 1.50. The van der Waals surface area contributed by atoms with Crippen LogP contribution in [0.15, 0.2) is 59.1 Å². The Morgan fingerprint density at radius 3 is 2.76 bits per heavy atom. The summed E-state index contributed by atoms with van der Waals surface area (Å²) in [5, 5.41) is 18.3. The lowest BCUT2D eigenvalue weighted by molar-refractivity contribution is -0.114. The van der Waals surface area contributed by atoms with Gasteiger partial charge in [-0.05, 0) is 55.0 Å². The molecule has 0 fully saturated rings. The molecule has 0 unspecified atom stereocenters. The van der Waals surface area contributed by atoms with E-state index in [-0.39, 0.29) is 18.3 Å². The number of aryl methyl sites for hydroxylation is 1. The summed E-state index contributed by atoms with van der Waals surface area (Å²) in [4.78, 5) is 12.3. The number of nitrogens with zero attached hydrogens (tertiary/aromatic N) is 4. The van der Waals surface area contributed by atoms with Gasteiger partial charge in [0, 0.05) is 10.2 Å². The van der Waals surface area contributed by atoms with Crippen molar-refractivity contribution in [2.75, 3.05) is 17.2 Å². The molecule has 0 radical (unpaired) electrons.